The summed E-state index contributed by atoms with van der Waals surface area (Å²) in [6.07, 6.45) is -0.530. The van der Waals surface area contributed by atoms with E-state index in [0.717, 1.165) is 0 Å². The highest BCUT2D eigenvalue weighted by Crippen LogP contribution is 2.33. The second-order valence-corrected chi connectivity index (χ2v) is 5.83. The predicted molar refractivity (Wildman–Crippen MR) is 83.3 cm³/mol. The van der Waals surface area contributed by atoms with Gasteiger partial charge in [0.1, 0.15) is 12.3 Å². The Morgan fingerprint density at radius 2 is 1.96 bits per heavy atom. The average Bonchev–Trinajstić information content (AvgIpc) is 2.94. The van der Waals surface area contributed by atoms with Gasteiger partial charge in [-0.2, -0.15) is 0 Å². The van der Waals surface area contributed by atoms with Crippen LogP contribution in [0.5, 0.6) is 0 Å². The summed E-state index contributed by atoms with van der Waals surface area (Å²) in [5.74, 6) is -1.19. The van der Waals surface area contributed by atoms with Gasteiger partial charge in [0.25, 0.3) is 0 Å². The van der Waals surface area contributed by atoms with Crippen molar-refractivity contribution in [1.29, 1.82) is 0 Å². The first-order chi connectivity index (χ1) is 11.2. The van der Waals surface area contributed by atoms with Crippen LogP contribution in [0.2, 0.25) is 0 Å². The largest absolute Gasteiger partial charge is 0.478 e. The number of alkyl carbamates (subject to hydrolysis) is 1. The summed E-state index contributed by atoms with van der Waals surface area (Å²) < 4.78 is 5.29. The van der Waals surface area contributed by atoms with Crippen LogP contribution in [0, 0.1) is 11.8 Å². The molecule has 0 radical (unpaired) electrons. The monoisotopic (exact) mass is 344 g/mol. The van der Waals surface area contributed by atoms with E-state index in [-0.39, 0.29) is 24.9 Å². The number of aliphatic hydroxyl groups is 1. The van der Waals surface area contributed by atoms with Crippen molar-refractivity contribution >= 4 is 18.2 Å². The summed E-state index contributed by atoms with van der Waals surface area (Å²) in [4.78, 5) is 33.3. The van der Waals surface area contributed by atoms with E-state index in [1.807, 2.05) is 6.92 Å². The van der Waals surface area contributed by atoms with E-state index in [9.17, 15) is 19.5 Å². The van der Waals surface area contributed by atoms with E-state index in [4.69, 9.17) is 14.9 Å². The fourth-order valence-electron chi connectivity index (χ4n) is 2.74. The Hall–Kier alpha value is -2.29. The number of ether oxygens (including phenoxy) is 1. The first-order valence-corrected chi connectivity index (χ1v) is 7.76. The van der Waals surface area contributed by atoms with E-state index in [1.54, 1.807) is 6.08 Å². The van der Waals surface area contributed by atoms with Crippen molar-refractivity contribution in [3.63, 3.8) is 0 Å². The number of hydrogen-bond acceptors (Lipinski definition) is 5. The van der Waals surface area contributed by atoms with Gasteiger partial charge in [-0.15, -0.1) is 0 Å². The minimum absolute atomic E-state index is 0.0602. The van der Waals surface area contributed by atoms with E-state index >= 15 is 0 Å². The minimum atomic E-state index is -1.28. The first kappa shape index (κ1) is 19.8. The number of carbonyl (C=O) groups excluding carboxylic acids is 1. The molecule has 9 nitrogen and oxygen atoms in total. The number of nitrogens with one attached hydrogen (secondary N) is 2. The second-order valence-electron chi connectivity index (χ2n) is 5.83. The van der Waals surface area contributed by atoms with Crippen LogP contribution in [0.25, 0.3) is 0 Å². The van der Waals surface area contributed by atoms with Gasteiger partial charge in [0.2, 0.25) is 0 Å². The van der Waals surface area contributed by atoms with Crippen LogP contribution in [0.15, 0.2) is 11.6 Å². The number of carboxylic acids is 1. The van der Waals surface area contributed by atoms with Crippen LogP contribution in [0.4, 0.5) is 9.59 Å². The summed E-state index contributed by atoms with van der Waals surface area (Å²) in [6, 6.07) is 0. The fourth-order valence-corrected chi connectivity index (χ4v) is 2.74. The molecule has 4 atom stereocenters. The lowest BCUT2D eigenvalue weighted by atomic mass is 9.87. The lowest BCUT2D eigenvalue weighted by Crippen LogP contribution is -2.47. The molecule has 1 unspecified atom stereocenters. The minimum Gasteiger partial charge on any atom is -0.478 e. The molecule has 0 aromatic heterocycles. The molecule has 1 rings (SSSR count). The summed E-state index contributed by atoms with van der Waals surface area (Å²) >= 11 is 0. The number of carbonyl (C=O) groups is 3. The van der Waals surface area contributed by atoms with Crippen LogP contribution in [-0.2, 0) is 9.53 Å². The second kappa shape index (κ2) is 9.11. The van der Waals surface area contributed by atoms with Gasteiger partial charge in [-0.1, -0.05) is 13.0 Å². The van der Waals surface area contributed by atoms with Crippen LogP contribution in [0.1, 0.15) is 33.1 Å². The Balaban J connectivity index is 2.64. The van der Waals surface area contributed by atoms with Crippen molar-refractivity contribution in [2.24, 2.45) is 11.8 Å². The van der Waals surface area contributed by atoms with Crippen LogP contribution >= 0.6 is 0 Å². The standard InChI is InChI=1S/C15H24N2O7/c1-8(10-3-4-11(7-10)13(19)20)12(5-6-18)24-15(23)17-9(2)16-14(21)22/h7-10,12,16,18H,3-6H2,1-2H3,(H,17,23)(H,19,20)(H,21,22)/t8-,9?,10-,12-/m0/s1. The van der Waals surface area contributed by atoms with Gasteiger partial charge in [-0.3, -0.25) is 0 Å². The van der Waals surface area contributed by atoms with E-state index in [2.05, 4.69) is 10.6 Å². The van der Waals surface area contributed by atoms with Crippen LogP contribution in [0.3, 0.4) is 0 Å². The Labute approximate surface area is 139 Å². The highest BCUT2D eigenvalue weighted by atomic mass is 16.6. The number of allylic oxidation sites excluding steroid dienone is 1. The molecule has 0 bridgehead atoms. The molecule has 9 heteroatoms. The van der Waals surface area contributed by atoms with Crippen molar-refractivity contribution < 1.29 is 34.4 Å². The Morgan fingerprint density at radius 1 is 1.29 bits per heavy atom. The zero-order chi connectivity index (χ0) is 18.3. The lowest BCUT2D eigenvalue weighted by Gasteiger charge is -2.28. The van der Waals surface area contributed by atoms with E-state index < -0.39 is 30.4 Å². The van der Waals surface area contributed by atoms with Gasteiger partial charge in [0.15, 0.2) is 0 Å². The maximum Gasteiger partial charge on any atom is 0.409 e. The van der Waals surface area contributed by atoms with Gasteiger partial charge < -0.3 is 30.7 Å². The third-order valence-corrected chi connectivity index (χ3v) is 4.05. The molecule has 0 saturated carbocycles. The molecule has 5 N–H and O–H groups in total. The summed E-state index contributed by atoms with van der Waals surface area (Å²) in [7, 11) is 0. The number of hydrogen-bond donors (Lipinski definition) is 5. The molecule has 1 aliphatic rings. The summed E-state index contributed by atoms with van der Waals surface area (Å²) in [6.45, 7) is 3.09. The molecule has 0 aliphatic heterocycles. The number of amides is 2. The smallest absolute Gasteiger partial charge is 0.409 e. The molecule has 24 heavy (non-hydrogen) atoms. The SMILES string of the molecule is CC(NC(=O)O)NC(=O)O[C@@H](CCO)[C@@H](C)[C@@H]1C=C(C(=O)O)CC1. The molecule has 2 amide bonds. The van der Waals surface area contributed by atoms with Crippen molar-refractivity contribution in [3.05, 3.63) is 11.6 Å². The average molecular weight is 344 g/mol. The normalized spacial score (nSPS) is 20.5. The molecule has 1 aliphatic carbocycles. The maximum absolute atomic E-state index is 11.9. The zero-order valence-electron chi connectivity index (χ0n) is 13.7. The first-order valence-electron chi connectivity index (χ1n) is 7.76. The van der Waals surface area contributed by atoms with Crippen molar-refractivity contribution in [2.75, 3.05) is 6.61 Å². The topological polar surface area (TPSA) is 145 Å². The Kier molecular flexibility index (Phi) is 7.50. The molecule has 136 valence electrons. The molecule has 0 heterocycles. The highest BCUT2D eigenvalue weighted by molar-refractivity contribution is 5.87. The fraction of sp³-hybridized carbons (Fsp3) is 0.667. The molecular formula is C15H24N2O7. The number of aliphatic hydroxyl groups excluding tert-OH is 1. The zero-order valence-corrected chi connectivity index (χ0v) is 13.7. The highest BCUT2D eigenvalue weighted by Gasteiger charge is 2.31. The van der Waals surface area contributed by atoms with Gasteiger partial charge in [0.05, 0.1) is 0 Å². The molecule has 0 spiro atoms. The van der Waals surface area contributed by atoms with Crippen LogP contribution < -0.4 is 10.6 Å². The molecule has 0 saturated heterocycles. The lowest BCUT2D eigenvalue weighted by molar-refractivity contribution is -0.132. The van der Waals surface area contributed by atoms with Crippen LogP contribution in [-0.4, -0.2) is 52.4 Å². The third-order valence-electron chi connectivity index (χ3n) is 4.05. The van der Waals surface area contributed by atoms with Crippen molar-refractivity contribution in [3.8, 4) is 0 Å². The Bertz CT molecular complexity index is 506. The summed E-state index contributed by atoms with van der Waals surface area (Å²) in [5, 5.41) is 31.1. The Morgan fingerprint density at radius 3 is 2.46 bits per heavy atom. The number of carboxylic acid groups (broad SMARTS) is 2. The maximum atomic E-state index is 11.9. The van der Waals surface area contributed by atoms with Gasteiger partial charge in [-0.25, -0.2) is 14.4 Å². The quantitative estimate of drug-likeness (QED) is 0.415. The van der Waals surface area contributed by atoms with E-state index in [1.165, 1.54) is 6.92 Å². The number of aliphatic carboxylic acids is 1. The molecule has 0 aromatic carbocycles. The van der Waals surface area contributed by atoms with Crippen molar-refractivity contribution in [1.82, 2.24) is 10.6 Å². The molecule has 0 aromatic rings. The third kappa shape index (κ3) is 6.07. The summed E-state index contributed by atoms with van der Waals surface area (Å²) in [5.41, 5.74) is 0.346. The van der Waals surface area contributed by atoms with Gasteiger partial charge in [-0.05, 0) is 31.6 Å². The van der Waals surface area contributed by atoms with Gasteiger partial charge >= 0.3 is 18.2 Å². The molecular weight excluding hydrogens is 320 g/mol. The van der Waals surface area contributed by atoms with Gasteiger partial charge in [0, 0.05) is 18.6 Å². The van der Waals surface area contributed by atoms with E-state index in [0.29, 0.717) is 18.4 Å². The predicted octanol–water partition coefficient (Wildman–Crippen LogP) is 1.13. The number of rotatable bonds is 8. The van der Waals surface area contributed by atoms with Crippen molar-refractivity contribution in [2.45, 2.75) is 45.4 Å². The molecule has 0 fully saturated rings.